The Morgan fingerprint density at radius 1 is 0.571 bits per heavy atom. The SMILES string of the molecule is N#Cc1ccc2sc3c(-c4ccc(-c5nc(-c6ccccc6)nc(-c6ccc(C78C[C@H]9C[C@@H](C7)C[C@@H](C8)C9)cc6)n5)cc4)cccc3c2c1. The Labute approximate surface area is 290 Å². The molecule has 0 amide bonds. The quantitative estimate of drug-likeness (QED) is 0.186. The van der Waals surface area contributed by atoms with Crippen molar-refractivity contribution in [1.29, 1.82) is 5.26 Å². The average Bonchev–Trinajstić information content (AvgIpc) is 3.53. The van der Waals surface area contributed by atoms with Crippen LogP contribution in [0.1, 0.15) is 49.7 Å². The summed E-state index contributed by atoms with van der Waals surface area (Å²) in [6.45, 7) is 0. The van der Waals surface area contributed by atoms with Crippen LogP contribution >= 0.6 is 11.3 Å². The summed E-state index contributed by atoms with van der Waals surface area (Å²) in [5.74, 6) is 4.83. The van der Waals surface area contributed by atoms with Gasteiger partial charge in [0.25, 0.3) is 0 Å². The second-order valence-electron chi connectivity index (χ2n) is 14.6. The molecule has 4 fully saturated rings. The van der Waals surface area contributed by atoms with E-state index < -0.39 is 0 Å². The van der Waals surface area contributed by atoms with Gasteiger partial charge in [0.15, 0.2) is 17.5 Å². The summed E-state index contributed by atoms with van der Waals surface area (Å²) < 4.78 is 2.42. The van der Waals surface area contributed by atoms with E-state index in [1.807, 2.05) is 30.3 Å². The Hall–Kier alpha value is -5.18. The van der Waals surface area contributed by atoms with Crippen LogP contribution in [0.4, 0.5) is 0 Å². The van der Waals surface area contributed by atoms with Gasteiger partial charge in [0, 0.05) is 36.9 Å². The molecule has 0 N–H and O–H groups in total. The van der Waals surface area contributed by atoms with Gasteiger partial charge in [0.2, 0.25) is 0 Å². The molecule has 2 heterocycles. The molecule has 0 saturated heterocycles. The van der Waals surface area contributed by atoms with Crippen LogP contribution in [0.25, 0.3) is 65.5 Å². The van der Waals surface area contributed by atoms with E-state index in [1.165, 1.54) is 64.4 Å². The fraction of sp³-hybridized carbons (Fsp3) is 0.227. The normalized spacial score (nSPS) is 22.5. The summed E-state index contributed by atoms with van der Waals surface area (Å²) in [5, 5.41) is 11.8. The molecular weight excluding hydrogens is 617 g/mol. The molecule has 0 unspecified atom stereocenters. The highest BCUT2D eigenvalue weighted by Gasteiger charge is 2.51. The maximum Gasteiger partial charge on any atom is 0.164 e. The number of rotatable bonds is 5. The summed E-state index contributed by atoms with van der Waals surface area (Å²) in [6.07, 6.45) is 8.46. The molecule has 5 aromatic carbocycles. The minimum Gasteiger partial charge on any atom is -0.208 e. The monoisotopic (exact) mass is 650 g/mol. The first-order valence-corrected chi connectivity index (χ1v) is 18.3. The zero-order valence-corrected chi connectivity index (χ0v) is 28.0. The fourth-order valence-electron chi connectivity index (χ4n) is 9.68. The van der Waals surface area contributed by atoms with Crippen LogP contribution in [0.3, 0.4) is 0 Å². The van der Waals surface area contributed by atoms with Crippen LogP contribution in [-0.2, 0) is 5.41 Å². The predicted octanol–water partition coefficient (Wildman–Crippen LogP) is 11.2. The van der Waals surface area contributed by atoms with E-state index in [9.17, 15) is 5.26 Å². The Morgan fingerprint density at radius 2 is 1.14 bits per heavy atom. The number of hydrogen-bond donors (Lipinski definition) is 0. The molecule has 11 rings (SSSR count). The Balaban J connectivity index is 1.02. The molecule has 0 spiro atoms. The number of benzene rings is 5. The molecule has 5 heteroatoms. The van der Waals surface area contributed by atoms with Gasteiger partial charge in [-0.15, -0.1) is 11.3 Å². The van der Waals surface area contributed by atoms with E-state index in [0.29, 0.717) is 28.5 Å². The first kappa shape index (κ1) is 28.8. The molecule has 7 aromatic rings. The standard InChI is InChI=1S/C44H34N4S/c45-26-27-9-18-39-38(22-27)37-8-4-7-36(40(37)49-39)31-10-12-33(13-11-31)42-46-41(32-5-2-1-3-6-32)47-43(48-42)34-14-16-35(17-15-34)44-23-28-19-29(24-44)21-30(20-28)25-44/h1-18,22,28-30H,19-21,23-25H2/t28-,29+,30-,44?. The molecule has 4 aliphatic carbocycles. The van der Waals surface area contributed by atoms with Crippen molar-refractivity contribution >= 4 is 31.5 Å². The van der Waals surface area contributed by atoms with Crippen molar-refractivity contribution < 1.29 is 0 Å². The third kappa shape index (κ3) is 4.89. The largest absolute Gasteiger partial charge is 0.208 e. The molecular formula is C44H34N4S. The minimum atomic E-state index is 0.369. The van der Waals surface area contributed by atoms with Crippen LogP contribution in [0.5, 0.6) is 0 Å². The highest BCUT2D eigenvalue weighted by Crippen LogP contribution is 2.60. The van der Waals surface area contributed by atoms with Crippen molar-refractivity contribution in [3.8, 4) is 51.4 Å². The van der Waals surface area contributed by atoms with E-state index in [0.717, 1.165) is 45.4 Å². The van der Waals surface area contributed by atoms with Crippen molar-refractivity contribution in [2.75, 3.05) is 0 Å². The molecule has 0 aliphatic heterocycles. The fourth-order valence-corrected chi connectivity index (χ4v) is 10.9. The van der Waals surface area contributed by atoms with Crippen molar-refractivity contribution in [1.82, 2.24) is 15.0 Å². The lowest BCUT2D eigenvalue weighted by Gasteiger charge is -2.57. The maximum absolute atomic E-state index is 9.46. The molecule has 4 nitrogen and oxygen atoms in total. The average molecular weight is 651 g/mol. The van der Waals surface area contributed by atoms with Gasteiger partial charge in [0.05, 0.1) is 11.6 Å². The lowest BCUT2D eigenvalue weighted by molar-refractivity contribution is -0.00518. The topological polar surface area (TPSA) is 62.5 Å². The molecule has 2 aromatic heterocycles. The van der Waals surface area contributed by atoms with E-state index in [2.05, 4.69) is 91.0 Å². The van der Waals surface area contributed by atoms with Crippen molar-refractivity contribution in [3.05, 3.63) is 126 Å². The molecule has 49 heavy (non-hydrogen) atoms. The number of fused-ring (bicyclic) bond motifs is 3. The lowest BCUT2D eigenvalue weighted by atomic mass is 9.48. The van der Waals surface area contributed by atoms with Crippen molar-refractivity contribution in [2.45, 2.75) is 43.9 Å². The predicted molar refractivity (Wildman–Crippen MR) is 199 cm³/mol. The molecule has 4 aliphatic rings. The highest BCUT2D eigenvalue weighted by atomic mass is 32.1. The second kappa shape index (κ2) is 11.2. The number of thiophene rings is 1. The van der Waals surface area contributed by atoms with E-state index >= 15 is 0 Å². The van der Waals surface area contributed by atoms with Gasteiger partial charge in [-0.3, -0.25) is 0 Å². The van der Waals surface area contributed by atoms with Crippen LogP contribution < -0.4 is 0 Å². The number of nitriles is 1. The third-order valence-corrected chi connectivity index (χ3v) is 12.8. The van der Waals surface area contributed by atoms with Gasteiger partial charge in [0.1, 0.15) is 0 Å². The summed E-state index contributed by atoms with van der Waals surface area (Å²) in [6, 6.07) is 42.7. The van der Waals surface area contributed by atoms with Gasteiger partial charge in [-0.2, -0.15) is 5.26 Å². The van der Waals surface area contributed by atoms with Gasteiger partial charge in [-0.05, 0) is 96.6 Å². The number of aromatic nitrogens is 3. The smallest absolute Gasteiger partial charge is 0.164 e. The van der Waals surface area contributed by atoms with Crippen LogP contribution in [0.15, 0.2) is 115 Å². The molecule has 4 saturated carbocycles. The number of hydrogen-bond acceptors (Lipinski definition) is 5. The zero-order chi connectivity index (χ0) is 32.5. The Bertz CT molecular complexity index is 2380. The van der Waals surface area contributed by atoms with Crippen LogP contribution in [-0.4, -0.2) is 15.0 Å². The maximum atomic E-state index is 9.46. The summed E-state index contributed by atoms with van der Waals surface area (Å²) in [5.41, 5.74) is 7.86. The van der Waals surface area contributed by atoms with Crippen LogP contribution in [0.2, 0.25) is 0 Å². The van der Waals surface area contributed by atoms with Crippen molar-refractivity contribution in [3.63, 3.8) is 0 Å². The first-order chi connectivity index (χ1) is 24.1. The first-order valence-electron chi connectivity index (χ1n) is 17.5. The molecule has 4 bridgehead atoms. The summed E-state index contributed by atoms with van der Waals surface area (Å²) in [4.78, 5) is 15.1. The van der Waals surface area contributed by atoms with Gasteiger partial charge in [-0.1, -0.05) is 97.1 Å². The minimum absolute atomic E-state index is 0.369. The lowest BCUT2D eigenvalue weighted by Crippen LogP contribution is -2.48. The van der Waals surface area contributed by atoms with Gasteiger partial charge < -0.3 is 0 Å². The summed E-state index contributed by atoms with van der Waals surface area (Å²) >= 11 is 1.78. The second-order valence-corrected chi connectivity index (χ2v) is 15.7. The van der Waals surface area contributed by atoms with Gasteiger partial charge in [-0.25, -0.2) is 15.0 Å². The molecule has 0 radical (unpaired) electrons. The Kier molecular flexibility index (Phi) is 6.57. The molecule has 236 valence electrons. The van der Waals surface area contributed by atoms with E-state index in [4.69, 9.17) is 15.0 Å². The zero-order valence-electron chi connectivity index (χ0n) is 27.1. The van der Waals surface area contributed by atoms with Crippen molar-refractivity contribution in [2.24, 2.45) is 17.8 Å². The van der Waals surface area contributed by atoms with E-state index in [1.54, 1.807) is 11.3 Å². The third-order valence-electron chi connectivity index (χ3n) is 11.5. The Morgan fingerprint density at radius 3 is 1.76 bits per heavy atom. The van der Waals surface area contributed by atoms with Crippen LogP contribution in [0, 0.1) is 29.1 Å². The molecule has 0 atom stereocenters. The highest BCUT2D eigenvalue weighted by molar-refractivity contribution is 7.26. The van der Waals surface area contributed by atoms with E-state index in [-0.39, 0.29) is 0 Å². The number of nitrogens with zero attached hydrogens (tertiary/aromatic N) is 4. The van der Waals surface area contributed by atoms with Gasteiger partial charge >= 0.3 is 0 Å². The summed E-state index contributed by atoms with van der Waals surface area (Å²) in [7, 11) is 0.